The van der Waals surface area contributed by atoms with Crippen LogP contribution in [-0.2, 0) is 17.9 Å². The molecule has 4 rings (SSSR count). The maximum absolute atomic E-state index is 12.3. The molecule has 6 nitrogen and oxygen atoms in total. The average Bonchev–Trinajstić information content (AvgIpc) is 2.89. The Kier molecular flexibility index (Phi) is 2.29. The van der Waals surface area contributed by atoms with E-state index in [4.69, 9.17) is 0 Å². The van der Waals surface area contributed by atoms with Crippen LogP contribution in [0.3, 0.4) is 0 Å². The smallest absolute Gasteiger partial charge is 0.227 e. The standard InChI is InChI=1S/C13H19N5O/c1-9-5-18-11(3-15-9)10(4-16-18)17-8-13(2-12(17)19)6-14-7-13/h4,9,14-15H,2-3,5-8H2,1H3/t9-/m0/s1. The van der Waals surface area contributed by atoms with E-state index in [-0.39, 0.29) is 11.3 Å². The summed E-state index contributed by atoms with van der Waals surface area (Å²) in [6, 6.07) is 0.441. The van der Waals surface area contributed by atoms with Crippen molar-refractivity contribution in [1.82, 2.24) is 20.4 Å². The molecule has 0 aliphatic carbocycles. The Bertz CT molecular complexity index is 533. The number of aromatic nitrogens is 2. The van der Waals surface area contributed by atoms with Crippen LogP contribution >= 0.6 is 0 Å². The van der Waals surface area contributed by atoms with Gasteiger partial charge < -0.3 is 15.5 Å². The number of carbonyl (C=O) groups excluding carboxylic acids is 1. The van der Waals surface area contributed by atoms with E-state index < -0.39 is 0 Å². The van der Waals surface area contributed by atoms with Crippen LogP contribution in [0.2, 0.25) is 0 Å². The van der Waals surface area contributed by atoms with E-state index in [1.54, 1.807) is 0 Å². The third-order valence-corrected chi connectivity index (χ3v) is 4.60. The first-order valence-electron chi connectivity index (χ1n) is 6.96. The molecule has 1 spiro atoms. The molecule has 1 atom stereocenters. The van der Waals surface area contributed by atoms with Crippen LogP contribution in [0.5, 0.6) is 0 Å². The maximum Gasteiger partial charge on any atom is 0.227 e. The van der Waals surface area contributed by atoms with E-state index in [0.29, 0.717) is 12.5 Å². The molecule has 4 heterocycles. The number of amides is 1. The van der Waals surface area contributed by atoms with Crippen LogP contribution in [-0.4, -0.2) is 41.4 Å². The van der Waals surface area contributed by atoms with Gasteiger partial charge in [-0.2, -0.15) is 5.10 Å². The highest BCUT2D eigenvalue weighted by atomic mass is 16.2. The van der Waals surface area contributed by atoms with E-state index in [1.165, 1.54) is 0 Å². The van der Waals surface area contributed by atoms with Gasteiger partial charge in [-0.15, -0.1) is 0 Å². The number of hydrogen-bond acceptors (Lipinski definition) is 4. The summed E-state index contributed by atoms with van der Waals surface area (Å²) in [5.74, 6) is 0.246. The third kappa shape index (κ3) is 1.63. The van der Waals surface area contributed by atoms with Gasteiger partial charge in [0.25, 0.3) is 0 Å². The normalized spacial score (nSPS) is 28.6. The van der Waals surface area contributed by atoms with Crippen molar-refractivity contribution in [3.63, 3.8) is 0 Å². The zero-order valence-electron chi connectivity index (χ0n) is 11.1. The molecule has 102 valence electrons. The number of nitrogens with one attached hydrogen (secondary N) is 2. The van der Waals surface area contributed by atoms with Crippen LogP contribution in [0.4, 0.5) is 5.69 Å². The summed E-state index contributed by atoms with van der Waals surface area (Å²) in [5, 5.41) is 11.2. The van der Waals surface area contributed by atoms with Crippen molar-refractivity contribution in [3.05, 3.63) is 11.9 Å². The highest BCUT2D eigenvalue weighted by Crippen LogP contribution is 2.38. The molecule has 6 heteroatoms. The van der Waals surface area contributed by atoms with Gasteiger partial charge in [-0.05, 0) is 6.92 Å². The molecular formula is C13H19N5O. The second kappa shape index (κ2) is 3.80. The highest BCUT2D eigenvalue weighted by molar-refractivity contribution is 5.97. The van der Waals surface area contributed by atoms with Crippen LogP contribution in [0, 0.1) is 5.41 Å². The van der Waals surface area contributed by atoms with E-state index in [0.717, 1.165) is 44.1 Å². The molecule has 2 fully saturated rings. The molecular weight excluding hydrogens is 242 g/mol. The number of carbonyl (C=O) groups is 1. The minimum atomic E-state index is 0.182. The number of nitrogens with zero attached hydrogens (tertiary/aromatic N) is 3. The average molecular weight is 261 g/mol. The topological polar surface area (TPSA) is 62.2 Å². The van der Waals surface area contributed by atoms with Gasteiger partial charge in [0.2, 0.25) is 5.91 Å². The van der Waals surface area contributed by atoms with Gasteiger partial charge in [0.15, 0.2) is 0 Å². The summed E-state index contributed by atoms with van der Waals surface area (Å²) in [4.78, 5) is 14.2. The van der Waals surface area contributed by atoms with Gasteiger partial charge in [0.05, 0.1) is 24.1 Å². The Hall–Kier alpha value is -1.40. The van der Waals surface area contributed by atoms with Crippen LogP contribution in [0.25, 0.3) is 0 Å². The lowest BCUT2D eigenvalue weighted by atomic mass is 9.81. The van der Waals surface area contributed by atoms with E-state index in [2.05, 4.69) is 22.7 Å². The molecule has 3 aliphatic heterocycles. The molecule has 2 N–H and O–H groups in total. The molecule has 1 amide bonds. The second-order valence-electron chi connectivity index (χ2n) is 6.20. The van der Waals surface area contributed by atoms with Crippen molar-refractivity contribution >= 4 is 11.6 Å². The molecule has 1 aromatic heterocycles. The number of fused-ring (bicyclic) bond motifs is 1. The summed E-state index contributed by atoms with van der Waals surface area (Å²) in [6.07, 6.45) is 2.53. The van der Waals surface area contributed by atoms with Crippen LogP contribution in [0.15, 0.2) is 6.20 Å². The van der Waals surface area contributed by atoms with Gasteiger partial charge in [0, 0.05) is 44.1 Å². The van der Waals surface area contributed by atoms with E-state index >= 15 is 0 Å². The minimum Gasteiger partial charge on any atom is -0.315 e. The third-order valence-electron chi connectivity index (χ3n) is 4.60. The Labute approximate surface area is 112 Å². The minimum absolute atomic E-state index is 0.182. The number of anilines is 1. The first-order chi connectivity index (χ1) is 9.17. The lowest BCUT2D eigenvalue weighted by Crippen LogP contribution is -2.54. The van der Waals surface area contributed by atoms with E-state index in [1.807, 2.05) is 15.8 Å². The Morgan fingerprint density at radius 2 is 2.32 bits per heavy atom. The summed E-state index contributed by atoms with van der Waals surface area (Å²) in [5.41, 5.74) is 2.34. The molecule has 0 unspecified atom stereocenters. The number of hydrogen-bond donors (Lipinski definition) is 2. The van der Waals surface area contributed by atoms with Gasteiger partial charge in [-0.25, -0.2) is 0 Å². The van der Waals surface area contributed by atoms with Crippen LogP contribution < -0.4 is 15.5 Å². The van der Waals surface area contributed by atoms with Crippen molar-refractivity contribution in [2.45, 2.75) is 32.5 Å². The lowest BCUT2D eigenvalue weighted by Gasteiger charge is -2.38. The molecule has 2 saturated heterocycles. The van der Waals surface area contributed by atoms with Gasteiger partial charge >= 0.3 is 0 Å². The maximum atomic E-state index is 12.3. The van der Waals surface area contributed by atoms with Gasteiger partial charge in [-0.1, -0.05) is 0 Å². The fraction of sp³-hybridized carbons (Fsp3) is 0.692. The van der Waals surface area contributed by atoms with Crippen molar-refractivity contribution < 1.29 is 4.79 Å². The SMILES string of the molecule is C[C@H]1Cn2ncc(N3CC4(CNC4)CC3=O)c2CN1. The predicted octanol–water partition coefficient (Wildman–Crippen LogP) is -0.299. The quantitative estimate of drug-likeness (QED) is 0.729. The molecule has 19 heavy (non-hydrogen) atoms. The zero-order chi connectivity index (χ0) is 13.0. The molecule has 1 aromatic rings. The molecule has 0 aromatic carbocycles. The Morgan fingerprint density at radius 3 is 3.00 bits per heavy atom. The lowest BCUT2D eigenvalue weighted by molar-refractivity contribution is -0.118. The molecule has 3 aliphatic rings. The number of rotatable bonds is 1. The summed E-state index contributed by atoms with van der Waals surface area (Å²) in [6.45, 7) is 6.60. The summed E-state index contributed by atoms with van der Waals surface area (Å²) in [7, 11) is 0. The highest BCUT2D eigenvalue weighted by Gasteiger charge is 2.48. The van der Waals surface area contributed by atoms with Gasteiger partial charge in [-0.3, -0.25) is 9.48 Å². The van der Waals surface area contributed by atoms with Crippen molar-refractivity contribution in [3.8, 4) is 0 Å². The van der Waals surface area contributed by atoms with Crippen molar-refractivity contribution in [2.24, 2.45) is 5.41 Å². The first kappa shape index (κ1) is 11.4. The Morgan fingerprint density at radius 1 is 1.47 bits per heavy atom. The molecule has 0 bridgehead atoms. The van der Waals surface area contributed by atoms with Gasteiger partial charge in [0.1, 0.15) is 0 Å². The van der Waals surface area contributed by atoms with Crippen LogP contribution in [0.1, 0.15) is 19.0 Å². The largest absolute Gasteiger partial charge is 0.315 e. The van der Waals surface area contributed by atoms with Crippen molar-refractivity contribution in [2.75, 3.05) is 24.5 Å². The molecule has 0 radical (unpaired) electrons. The van der Waals surface area contributed by atoms with Crippen molar-refractivity contribution in [1.29, 1.82) is 0 Å². The Balaban J connectivity index is 1.65. The summed E-state index contributed by atoms with van der Waals surface area (Å²) >= 11 is 0. The fourth-order valence-electron chi connectivity index (χ4n) is 3.39. The second-order valence-corrected chi connectivity index (χ2v) is 6.20. The summed E-state index contributed by atoms with van der Waals surface area (Å²) < 4.78 is 2.04. The fourth-order valence-corrected chi connectivity index (χ4v) is 3.39. The first-order valence-corrected chi connectivity index (χ1v) is 6.96. The van der Waals surface area contributed by atoms with E-state index in [9.17, 15) is 4.79 Å². The zero-order valence-corrected chi connectivity index (χ0v) is 11.1. The molecule has 0 saturated carbocycles. The predicted molar refractivity (Wildman–Crippen MR) is 70.8 cm³/mol. The monoisotopic (exact) mass is 261 g/mol.